The molecule has 31 heavy (non-hydrogen) atoms. The summed E-state index contributed by atoms with van der Waals surface area (Å²) in [6.07, 6.45) is 0. The van der Waals surface area contributed by atoms with Crippen molar-refractivity contribution in [3.8, 4) is 10.6 Å². The number of anilines is 2. The van der Waals surface area contributed by atoms with Crippen molar-refractivity contribution in [1.82, 2.24) is 10.2 Å². The number of carbonyl (C=O) groups is 1. The zero-order valence-electron chi connectivity index (χ0n) is 16.0. The van der Waals surface area contributed by atoms with E-state index in [0.29, 0.717) is 15.9 Å². The average Bonchev–Trinajstić information content (AvgIpc) is 3.23. The third-order valence-electron chi connectivity index (χ3n) is 4.19. The summed E-state index contributed by atoms with van der Waals surface area (Å²) in [5.41, 5.74) is 1.97. The van der Waals surface area contributed by atoms with Crippen molar-refractivity contribution in [3.05, 3.63) is 90.0 Å². The van der Waals surface area contributed by atoms with Gasteiger partial charge in [0.2, 0.25) is 5.13 Å². The van der Waals surface area contributed by atoms with Gasteiger partial charge in [0.25, 0.3) is 0 Å². The lowest BCUT2D eigenvalue weighted by Gasteiger charge is -2.07. The SMILES string of the molecule is O=C(Nc1nnc(-c2ccccc2SCc2ccc(F)cc2)s1)Nc1ccccc1F. The van der Waals surface area contributed by atoms with Crippen LogP contribution in [0.3, 0.4) is 0 Å². The van der Waals surface area contributed by atoms with Crippen molar-refractivity contribution >= 4 is 39.9 Å². The Labute approximate surface area is 185 Å². The summed E-state index contributed by atoms with van der Waals surface area (Å²) >= 11 is 2.82. The summed E-state index contributed by atoms with van der Waals surface area (Å²) < 4.78 is 26.8. The number of hydrogen-bond acceptors (Lipinski definition) is 5. The second kappa shape index (κ2) is 9.67. The molecule has 0 aliphatic rings. The van der Waals surface area contributed by atoms with Crippen molar-refractivity contribution in [2.45, 2.75) is 10.6 Å². The summed E-state index contributed by atoms with van der Waals surface area (Å²) in [5.74, 6) is -0.114. The van der Waals surface area contributed by atoms with Crippen LogP contribution in [-0.2, 0) is 5.75 Å². The van der Waals surface area contributed by atoms with Crippen molar-refractivity contribution in [2.24, 2.45) is 0 Å². The van der Waals surface area contributed by atoms with Gasteiger partial charge >= 0.3 is 6.03 Å². The van der Waals surface area contributed by atoms with Crippen LogP contribution in [0.15, 0.2) is 77.7 Å². The van der Waals surface area contributed by atoms with E-state index in [9.17, 15) is 13.6 Å². The molecule has 0 unspecified atom stereocenters. The molecule has 1 heterocycles. The number of para-hydroxylation sites is 1. The molecule has 2 N–H and O–H groups in total. The van der Waals surface area contributed by atoms with Gasteiger partial charge in [-0.25, -0.2) is 13.6 Å². The zero-order valence-corrected chi connectivity index (χ0v) is 17.6. The first-order valence-corrected chi connectivity index (χ1v) is 11.0. The molecule has 9 heteroatoms. The Kier molecular flexibility index (Phi) is 6.54. The normalized spacial score (nSPS) is 10.6. The quantitative estimate of drug-likeness (QED) is 0.330. The molecule has 0 aliphatic carbocycles. The minimum Gasteiger partial charge on any atom is -0.305 e. The Morgan fingerprint density at radius 2 is 1.65 bits per heavy atom. The van der Waals surface area contributed by atoms with Gasteiger partial charge in [-0.15, -0.1) is 22.0 Å². The summed E-state index contributed by atoms with van der Waals surface area (Å²) in [6.45, 7) is 0. The molecular formula is C22H16F2N4OS2. The number of hydrogen-bond donors (Lipinski definition) is 2. The molecule has 156 valence electrons. The third kappa shape index (κ3) is 5.44. The van der Waals surface area contributed by atoms with E-state index in [-0.39, 0.29) is 11.5 Å². The number of halogens is 2. The molecular weight excluding hydrogens is 438 g/mol. The highest BCUT2D eigenvalue weighted by Gasteiger charge is 2.14. The Hall–Kier alpha value is -3.30. The van der Waals surface area contributed by atoms with Crippen molar-refractivity contribution < 1.29 is 13.6 Å². The summed E-state index contributed by atoms with van der Waals surface area (Å²) in [7, 11) is 0. The first-order valence-electron chi connectivity index (χ1n) is 9.21. The fourth-order valence-corrected chi connectivity index (χ4v) is 4.56. The molecule has 1 aromatic heterocycles. The smallest absolute Gasteiger partial charge is 0.305 e. The van der Waals surface area contributed by atoms with Crippen molar-refractivity contribution in [3.63, 3.8) is 0 Å². The van der Waals surface area contributed by atoms with Gasteiger partial charge in [-0.2, -0.15) is 0 Å². The lowest BCUT2D eigenvalue weighted by atomic mass is 10.2. The molecule has 3 aromatic carbocycles. The molecule has 0 aliphatic heterocycles. The van der Waals surface area contributed by atoms with E-state index in [1.165, 1.54) is 35.6 Å². The average molecular weight is 455 g/mol. The summed E-state index contributed by atoms with van der Waals surface area (Å²) in [6, 6.07) is 19.4. The maximum absolute atomic E-state index is 13.7. The van der Waals surface area contributed by atoms with Gasteiger partial charge < -0.3 is 5.32 Å². The van der Waals surface area contributed by atoms with Crippen molar-refractivity contribution in [1.29, 1.82) is 0 Å². The van der Waals surface area contributed by atoms with Crippen LogP contribution in [0.1, 0.15) is 5.56 Å². The maximum atomic E-state index is 13.7. The predicted octanol–water partition coefficient (Wildman–Crippen LogP) is 6.42. The molecule has 0 fully saturated rings. The van der Waals surface area contributed by atoms with Gasteiger partial charge in [-0.1, -0.05) is 53.8 Å². The second-order valence-electron chi connectivity index (χ2n) is 6.38. The Bertz CT molecular complexity index is 1200. The van der Waals surface area contributed by atoms with Crippen molar-refractivity contribution in [2.75, 3.05) is 10.6 Å². The first kappa shape index (κ1) is 21.0. The Morgan fingerprint density at radius 1 is 0.903 bits per heavy atom. The van der Waals surface area contributed by atoms with Gasteiger partial charge in [0.15, 0.2) is 5.01 Å². The van der Waals surface area contributed by atoms with Gasteiger partial charge in [0, 0.05) is 16.2 Å². The largest absolute Gasteiger partial charge is 0.325 e. The molecule has 4 aromatic rings. The number of rotatable bonds is 6. The van der Waals surface area contributed by atoms with E-state index in [0.717, 1.165) is 16.0 Å². The number of nitrogens with zero attached hydrogens (tertiary/aromatic N) is 2. The highest BCUT2D eigenvalue weighted by molar-refractivity contribution is 7.98. The van der Waals surface area contributed by atoms with E-state index >= 15 is 0 Å². The summed E-state index contributed by atoms with van der Waals surface area (Å²) in [4.78, 5) is 13.1. The van der Waals surface area contributed by atoms with Crippen LogP contribution in [0.25, 0.3) is 10.6 Å². The first-order chi connectivity index (χ1) is 15.1. The lowest BCUT2D eigenvalue weighted by Crippen LogP contribution is -2.19. The number of aromatic nitrogens is 2. The minimum atomic E-state index is -0.605. The molecule has 5 nitrogen and oxygen atoms in total. The molecule has 0 saturated heterocycles. The van der Waals surface area contributed by atoms with E-state index in [2.05, 4.69) is 20.8 Å². The molecule has 0 spiro atoms. The Morgan fingerprint density at radius 3 is 2.45 bits per heavy atom. The fourth-order valence-electron chi connectivity index (χ4n) is 2.71. The van der Waals surface area contributed by atoms with Crippen LogP contribution < -0.4 is 10.6 Å². The van der Waals surface area contributed by atoms with E-state index in [1.54, 1.807) is 36.0 Å². The number of nitrogens with one attached hydrogen (secondary N) is 2. The van der Waals surface area contributed by atoms with Gasteiger partial charge in [0.05, 0.1) is 5.69 Å². The van der Waals surface area contributed by atoms with E-state index in [1.807, 2.05) is 24.3 Å². The predicted molar refractivity (Wildman–Crippen MR) is 120 cm³/mol. The number of benzene rings is 3. The third-order valence-corrected chi connectivity index (χ3v) is 6.21. The molecule has 4 rings (SSSR count). The molecule has 2 amide bonds. The van der Waals surface area contributed by atoms with Crippen LogP contribution in [-0.4, -0.2) is 16.2 Å². The Balaban J connectivity index is 1.44. The highest BCUT2D eigenvalue weighted by Crippen LogP contribution is 2.35. The van der Waals surface area contributed by atoms with Gasteiger partial charge in [0.1, 0.15) is 11.6 Å². The highest BCUT2D eigenvalue weighted by atomic mass is 32.2. The molecule has 0 radical (unpaired) electrons. The number of carbonyl (C=O) groups excluding carboxylic acids is 1. The minimum absolute atomic E-state index is 0.0762. The van der Waals surface area contributed by atoms with Gasteiger partial charge in [-0.3, -0.25) is 5.32 Å². The molecule has 0 atom stereocenters. The fraction of sp³-hybridized carbons (Fsp3) is 0.0455. The van der Waals surface area contributed by atoms with Gasteiger partial charge in [-0.05, 0) is 35.9 Å². The van der Waals surface area contributed by atoms with Crippen LogP contribution >= 0.6 is 23.1 Å². The van der Waals surface area contributed by atoms with Crippen LogP contribution in [0.5, 0.6) is 0 Å². The van der Waals surface area contributed by atoms with Crippen LogP contribution in [0.4, 0.5) is 24.4 Å². The lowest BCUT2D eigenvalue weighted by molar-refractivity contribution is 0.262. The van der Waals surface area contributed by atoms with Crippen LogP contribution in [0.2, 0.25) is 0 Å². The monoisotopic (exact) mass is 454 g/mol. The molecule has 0 saturated carbocycles. The number of amides is 2. The molecule has 0 bridgehead atoms. The van der Waals surface area contributed by atoms with E-state index in [4.69, 9.17) is 0 Å². The maximum Gasteiger partial charge on any atom is 0.325 e. The van der Waals surface area contributed by atoms with E-state index < -0.39 is 11.8 Å². The van der Waals surface area contributed by atoms with Crippen LogP contribution in [0, 0.1) is 11.6 Å². The standard InChI is InChI=1S/C22H16F2N4OS2/c23-15-11-9-14(10-12-15)13-30-19-8-4-1-5-16(19)20-27-28-22(31-20)26-21(29)25-18-7-3-2-6-17(18)24/h1-12H,13H2,(H2,25,26,28,29). The summed E-state index contributed by atoms with van der Waals surface area (Å²) in [5, 5.41) is 14.2. The topological polar surface area (TPSA) is 66.9 Å². The number of thioether (sulfide) groups is 1. The second-order valence-corrected chi connectivity index (χ2v) is 8.38. The zero-order chi connectivity index (χ0) is 21.6. The number of urea groups is 1.